The van der Waals surface area contributed by atoms with Gasteiger partial charge in [-0.1, -0.05) is 0 Å². The van der Waals surface area contributed by atoms with Crippen molar-refractivity contribution in [3.63, 3.8) is 0 Å². The van der Waals surface area contributed by atoms with Gasteiger partial charge in [0.25, 0.3) is 0 Å². The van der Waals surface area contributed by atoms with Gasteiger partial charge in [0.1, 0.15) is 6.26 Å². The van der Waals surface area contributed by atoms with Gasteiger partial charge in [-0.15, -0.1) is 0 Å². The smallest absolute Gasteiger partial charge is 0.436 e. The highest BCUT2D eigenvalue weighted by Crippen LogP contribution is 2.28. The second-order valence-electron chi connectivity index (χ2n) is 3.94. The van der Waals surface area contributed by atoms with Crippen molar-refractivity contribution in [1.29, 1.82) is 0 Å². The largest absolute Gasteiger partial charge is 0.448 e. The minimum Gasteiger partial charge on any atom is -0.448 e. The fourth-order valence-electron chi connectivity index (χ4n) is 0.969. The van der Waals surface area contributed by atoms with E-state index in [9.17, 15) is 18.3 Å². The summed E-state index contributed by atoms with van der Waals surface area (Å²) in [4.78, 5) is 3.28. The highest BCUT2D eigenvalue weighted by molar-refractivity contribution is 5.01. The topological polar surface area (TPSA) is 46.3 Å². The van der Waals surface area contributed by atoms with Crippen LogP contribution < -0.4 is 0 Å². The maximum absolute atomic E-state index is 12.1. The number of nitrogens with zero attached hydrogens (tertiary/aromatic N) is 1. The van der Waals surface area contributed by atoms with Crippen molar-refractivity contribution in [3.8, 4) is 0 Å². The van der Waals surface area contributed by atoms with Gasteiger partial charge < -0.3 is 9.52 Å². The quantitative estimate of drug-likeness (QED) is 0.855. The molecule has 0 aliphatic carbocycles. The Bertz CT molecular complexity index is 325. The minimum absolute atomic E-state index is 0.00977. The van der Waals surface area contributed by atoms with Gasteiger partial charge >= 0.3 is 6.18 Å². The summed E-state index contributed by atoms with van der Waals surface area (Å²) in [6, 6.07) is 0. The lowest BCUT2D eigenvalue weighted by atomic mass is 10.0. The van der Waals surface area contributed by atoms with E-state index in [0.717, 1.165) is 0 Å². The Morgan fingerprint density at radius 2 is 2.00 bits per heavy atom. The Labute approximate surface area is 84.9 Å². The molecule has 0 aliphatic heterocycles. The normalized spacial score (nSPS) is 13.2. The number of oxazole rings is 1. The molecule has 0 aromatic carbocycles. The van der Waals surface area contributed by atoms with E-state index in [1.165, 1.54) is 0 Å². The standard InChI is InChI=1S/C9H12F3NO2/c1-8(2,14)4-3-7-13-6(5-15-7)9(10,11)12/h5,14H,3-4H2,1-2H3. The monoisotopic (exact) mass is 223 g/mol. The first-order valence-electron chi connectivity index (χ1n) is 4.42. The molecule has 0 fully saturated rings. The highest BCUT2D eigenvalue weighted by atomic mass is 19.4. The molecule has 0 bridgehead atoms. The minimum atomic E-state index is -4.48. The first kappa shape index (κ1) is 12.0. The van der Waals surface area contributed by atoms with Crippen molar-refractivity contribution in [2.24, 2.45) is 0 Å². The van der Waals surface area contributed by atoms with Crippen LogP contribution in [0, 0.1) is 0 Å². The molecule has 0 aliphatic rings. The van der Waals surface area contributed by atoms with Crippen LogP contribution in [0.4, 0.5) is 13.2 Å². The van der Waals surface area contributed by atoms with Crippen molar-refractivity contribution in [3.05, 3.63) is 17.8 Å². The molecule has 86 valence electrons. The molecule has 0 unspecified atom stereocenters. The zero-order valence-electron chi connectivity index (χ0n) is 8.43. The number of hydrogen-bond donors (Lipinski definition) is 1. The Morgan fingerprint density at radius 1 is 1.40 bits per heavy atom. The van der Waals surface area contributed by atoms with Gasteiger partial charge in [-0.2, -0.15) is 13.2 Å². The van der Waals surface area contributed by atoms with Crippen LogP contribution in [0.15, 0.2) is 10.7 Å². The zero-order chi connectivity index (χ0) is 11.7. The van der Waals surface area contributed by atoms with E-state index >= 15 is 0 Å². The van der Waals surface area contributed by atoms with E-state index in [1.54, 1.807) is 13.8 Å². The van der Waals surface area contributed by atoms with Crippen molar-refractivity contribution >= 4 is 0 Å². The molecule has 1 aromatic rings. The Kier molecular flexibility index (Phi) is 3.08. The van der Waals surface area contributed by atoms with E-state index in [1.807, 2.05) is 0 Å². The summed E-state index contributed by atoms with van der Waals surface area (Å²) in [7, 11) is 0. The lowest BCUT2D eigenvalue weighted by Crippen LogP contribution is -2.19. The maximum Gasteiger partial charge on any atom is 0.436 e. The predicted octanol–water partition coefficient (Wildman–Crippen LogP) is 2.40. The molecule has 0 atom stereocenters. The van der Waals surface area contributed by atoms with Gasteiger partial charge in [0.2, 0.25) is 0 Å². The maximum atomic E-state index is 12.1. The molecule has 0 radical (unpaired) electrons. The summed E-state index contributed by atoms with van der Waals surface area (Å²) in [5.74, 6) is -0.00977. The molecule has 1 rings (SSSR count). The lowest BCUT2D eigenvalue weighted by molar-refractivity contribution is -0.141. The van der Waals surface area contributed by atoms with Crippen molar-refractivity contribution in [2.75, 3.05) is 0 Å². The molecule has 0 saturated heterocycles. The fourth-order valence-corrected chi connectivity index (χ4v) is 0.969. The highest BCUT2D eigenvalue weighted by Gasteiger charge is 2.34. The second kappa shape index (κ2) is 3.84. The Morgan fingerprint density at radius 3 is 2.40 bits per heavy atom. The van der Waals surface area contributed by atoms with Crippen LogP contribution in [-0.2, 0) is 12.6 Å². The summed E-state index contributed by atoms with van der Waals surface area (Å²) in [5, 5.41) is 9.35. The van der Waals surface area contributed by atoms with Gasteiger partial charge in [-0.05, 0) is 20.3 Å². The van der Waals surface area contributed by atoms with Gasteiger partial charge in [0.05, 0.1) is 5.60 Å². The van der Waals surface area contributed by atoms with E-state index < -0.39 is 17.5 Å². The number of rotatable bonds is 3. The van der Waals surface area contributed by atoms with Crippen LogP contribution in [-0.4, -0.2) is 15.7 Å². The van der Waals surface area contributed by atoms with Crippen LogP contribution in [0.5, 0.6) is 0 Å². The zero-order valence-corrected chi connectivity index (χ0v) is 8.43. The third-order valence-electron chi connectivity index (χ3n) is 1.79. The Hall–Kier alpha value is -1.04. The van der Waals surface area contributed by atoms with Crippen LogP contribution in [0.1, 0.15) is 31.9 Å². The van der Waals surface area contributed by atoms with Crippen LogP contribution in [0.3, 0.4) is 0 Å². The molecule has 0 spiro atoms. The molecule has 1 aromatic heterocycles. The van der Waals surface area contributed by atoms with Crippen LogP contribution >= 0.6 is 0 Å². The fraction of sp³-hybridized carbons (Fsp3) is 0.667. The predicted molar refractivity (Wildman–Crippen MR) is 46.1 cm³/mol. The molecule has 1 N–H and O–H groups in total. The van der Waals surface area contributed by atoms with Crippen molar-refractivity contribution in [2.45, 2.75) is 38.5 Å². The summed E-state index contributed by atoms with van der Waals surface area (Å²) < 4.78 is 41.0. The van der Waals surface area contributed by atoms with Crippen molar-refractivity contribution < 1.29 is 22.7 Å². The molecule has 1 heterocycles. The molecule has 6 heteroatoms. The second-order valence-corrected chi connectivity index (χ2v) is 3.94. The number of alkyl halides is 3. The van der Waals surface area contributed by atoms with Gasteiger partial charge in [0.15, 0.2) is 11.6 Å². The average Bonchev–Trinajstić information content (AvgIpc) is 2.45. The summed E-state index contributed by atoms with van der Waals surface area (Å²) in [6.45, 7) is 3.14. The molecule has 0 saturated carbocycles. The number of aromatic nitrogens is 1. The SMILES string of the molecule is CC(C)(O)CCc1nc(C(F)(F)F)co1. The van der Waals surface area contributed by atoms with Gasteiger partial charge in [-0.3, -0.25) is 0 Å². The van der Waals surface area contributed by atoms with Crippen LogP contribution in [0.25, 0.3) is 0 Å². The number of aryl methyl sites for hydroxylation is 1. The number of hydrogen-bond acceptors (Lipinski definition) is 3. The Balaban J connectivity index is 2.62. The summed E-state index contributed by atoms with van der Waals surface area (Å²) in [6.07, 6.45) is -3.42. The number of halogens is 3. The van der Waals surface area contributed by atoms with Crippen molar-refractivity contribution in [1.82, 2.24) is 4.98 Å². The van der Waals surface area contributed by atoms with E-state index in [0.29, 0.717) is 12.7 Å². The van der Waals surface area contributed by atoms with Crippen LogP contribution in [0.2, 0.25) is 0 Å². The molecular formula is C9H12F3NO2. The molecule has 15 heavy (non-hydrogen) atoms. The third kappa shape index (κ3) is 3.91. The van der Waals surface area contributed by atoms with E-state index in [2.05, 4.69) is 9.40 Å². The number of aliphatic hydroxyl groups is 1. The molecule has 3 nitrogen and oxygen atoms in total. The molecule has 0 amide bonds. The lowest BCUT2D eigenvalue weighted by Gasteiger charge is -2.14. The van der Waals surface area contributed by atoms with E-state index in [4.69, 9.17) is 0 Å². The first-order valence-corrected chi connectivity index (χ1v) is 4.42. The van der Waals surface area contributed by atoms with Gasteiger partial charge in [0, 0.05) is 6.42 Å². The van der Waals surface area contributed by atoms with E-state index in [-0.39, 0.29) is 12.3 Å². The third-order valence-corrected chi connectivity index (χ3v) is 1.79. The first-order chi connectivity index (χ1) is 6.68. The van der Waals surface area contributed by atoms with Gasteiger partial charge in [-0.25, -0.2) is 4.98 Å². The average molecular weight is 223 g/mol. The summed E-state index contributed by atoms with van der Waals surface area (Å²) in [5.41, 5.74) is -1.97. The summed E-state index contributed by atoms with van der Waals surface area (Å²) >= 11 is 0. The molecular weight excluding hydrogens is 211 g/mol.